The normalized spacial score (nSPS) is 11.5. The van der Waals surface area contributed by atoms with E-state index in [1.165, 1.54) is 20.2 Å². The van der Waals surface area contributed by atoms with E-state index in [9.17, 15) is 19.5 Å². The van der Waals surface area contributed by atoms with Crippen LogP contribution in [-0.2, 0) is 20.6 Å². The zero-order chi connectivity index (χ0) is 19.0. The topological polar surface area (TPSA) is 86.2 Å². The lowest BCUT2D eigenvalue weighted by Gasteiger charge is -2.07. The molecule has 0 aliphatic carbocycles. The lowest BCUT2D eigenvalue weighted by molar-refractivity contribution is 0.104. The van der Waals surface area contributed by atoms with Gasteiger partial charge in [-0.25, -0.2) is 4.79 Å². The Bertz CT molecular complexity index is 1160. The molecule has 3 rings (SSSR count). The molecule has 0 bridgehead atoms. The highest BCUT2D eigenvalue weighted by Crippen LogP contribution is 2.23. The summed E-state index contributed by atoms with van der Waals surface area (Å²) in [5.41, 5.74) is -0.0692. The van der Waals surface area contributed by atoms with Gasteiger partial charge in [-0.3, -0.25) is 18.7 Å². The number of aryl methyl sites for hydroxylation is 1. The van der Waals surface area contributed by atoms with Gasteiger partial charge in [-0.05, 0) is 25.1 Å². The molecule has 1 N–H and O–H groups in total. The van der Waals surface area contributed by atoms with Gasteiger partial charge in [0.2, 0.25) is 5.88 Å². The first-order valence-corrected chi connectivity index (χ1v) is 8.16. The highest BCUT2D eigenvalue weighted by Gasteiger charge is 2.19. The second-order valence-corrected chi connectivity index (χ2v) is 5.99. The molecule has 0 spiro atoms. The highest BCUT2D eigenvalue weighted by atomic mass is 16.3. The van der Waals surface area contributed by atoms with E-state index in [0.29, 0.717) is 0 Å². The van der Waals surface area contributed by atoms with Crippen LogP contribution in [0, 0.1) is 0 Å². The minimum absolute atomic E-state index is 0.426. The average molecular weight is 353 g/mol. The van der Waals surface area contributed by atoms with Gasteiger partial charge in [0.15, 0.2) is 5.78 Å². The van der Waals surface area contributed by atoms with Gasteiger partial charge < -0.3 is 9.67 Å². The molecular weight excluding hydrogens is 334 g/mol. The zero-order valence-corrected chi connectivity index (χ0v) is 14.8. The number of aromatic hydroxyl groups is 1. The first kappa shape index (κ1) is 17.5. The van der Waals surface area contributed by atoms with Crippen molar-refractivity contribution in [2.45, 2.75) is 13.5 Å². The fourth-order valence-electron chi connectivity index (χ4n) is 2.97. The van der Waals surface area contributed by atoms with Crippen molar-refractivity contribution in [1.82, 2.24) is 13.7 Å². The summed E-state index contributed by atoms with van der Waals surface area (Å²) in [5, 5.41) is 11.0. The third kappa shape index (κ3) is 2.67. The second kappa shape index (κ2) is 6.51. The number of ketones is 1. The van der Waals surface area contributed by atoms with Crippen molar-refractivity contribution >= 4 is 22.8 Å². The molecule has 0 aliphatic heterocycles. The molecule has 0 atom stereocenters. The molecule has 3 aromatic rings. The van der Waals surface area contributed by atoms with E-state index in [-0.39, 0.29) is 0 Å². The fraction of sp³-hybridized carbons (Fsp3) is 0.211. The van der Waals surface area contributed by atoms with Crippen LogP contribution in [-0.4, -0.2) is 24.6 Å². The van der Waals surface area contributed by atoms with Crippen LogP contribution in [0.15, 0.2) is 46.1 Å². The van der Waals surface area contributed by atoms with Gasteiger partial charge in [0.1, 0.15) is 5.56 Å². The van der Waals surface area contributed by atoms with E-state index in [2.05, 4.69) is 4.57 Å². The Morgan fingerprint density at radius 1 is 1.15 bits per heavy atom. The van der Waals surface area contributed by atoms with Crippen LogP contribution in [0.5, 0.6) is 5.88 Å². The van der Waals surface area contributed by atoms with Gasteiger partial charge in [-0.15, -0.1) is 0 Å². The lowest BCUT2D eigenvalue weighted by atomic mass is 10.1. The van der Waals surface area contributed by atoms with Crippen LogP contribution in [0.3, 0.4) is 0 Å². The van der Waals surface area contributed by atoms with Gasteiger partial charge in [0.05, 0.1) is 0 Å². The van der Waals surface area contributed by atoms with Gasteiger partial charge >= 0.3 is 5.69 Å². The largest absolute Gasteiger partial charge is 0.494 e. The maximum absolute atomic E-state index is 12.5. The first-order valence-electron chi connectivity index (χ1n) is 8.16. The maximum Gasteiger partial charge on any atom is 0.333 e. The Hall–Kier alpha value is -3.35. The molecule has 1 aromatic carbocycles. The number of hydrogen-bond donors (Lipinski definition) is 1. The second-order valence-electron chi connectivity index (χ2n) is 5.99. The highest BCUT2D eigenvalue weighted by molar-refractivity contribution is 6.08. The summed E-state index contributed by atoms with van der Waals surface area (Å²) in [5.74, 6) is -1.30. The van der Waals surface area contributed by atoms with Gasteiger partial charge in [0.25, 0.3) is 5.56 Å². The summed E-state index contributed by atoms with van der Waals surface area (Å²) in [4.78, 5) is 36.5. The van der Waals surface area contributed by atoms with Crippen LogP contribution in [0.1, 0.15) is 22.8 Å². The summed E-state index contributed by atoms with van der Waals surface area (Å²) in [7, 11) is 2.56. The van der Waals surface area contributed by atoms with Crippen molar-refractivity contribution in [1.29, 1.82) is 0 Å². The zero-order valence-electron chi connectivity index (χ0n) is 14.8. The van der Waals surface area contributed by atoms with Crippen LogP contribution in [0.25, 0.3) is 17.0 Å². The average Bonchev–Trinajstić information content (AvgIpc) is 3.01. The number of rotatable bonds is 4. The molecule has 0 saturated carbocycles. The molecule has 2 heterocycles. The number of aromatic nitrogens is 3. The number of nitrogens with zero attached hydrogens (tertiary/aromatic N) is 3. The van der Waals surface area contributed by atoms with E-state index in [1.54, 1.807) is 6.08 Å². The summed E-state index contributed by atoms with van der Waals surface area (Å²) >= 11 is 0. The van der Waals surface area contributed by atoms with Crippen molar-refractivity contribution in [3.05, 3.63) is 68.5 Å². The van der Waals surface area contributed by atoms with E-state index in [1.807, 2.05) is 37.4 Å². The van der Waals surface area contributed by atoms with E-state index < -0.39 is 28.5 Å². The predicted molar refractivity (Wildman–Crippen MR) is 99.6 cm³/mol. The summed E-state index contributed by atoms with van der Waals surface area (Å²) < 4.78 is 3.72. The minimum Gasteiger partial charge on any atom is -0.494 e. The van der Waals surface area contributed by atoms with Crippen molar-refractivity contribution in [3.8, 4) is 5.88 Å². The van der Waals surface area contributed by atoms with E-state index in [4.69, 9.17) is 0 Å². The van der Waals surface area contributed by atoms with Crippen molar-refractivity contribution in [2.75, 3.05) is 0 Å². The third-order valence-electron chi connectivity index (χ3n) is 4.45. The molecule has 0 fully saturated rings. The van der Waals surface area contributed by atoms with Gasteiger partial charge in [-0.1, -0.05) is 18.2 Å². The number of fused-ring (bicyclic) bond motifs is 1. The van der Waals surface area contributed by atoms with Crippen LogP contribution in [0.4, 0.5) is 0 Å². The minimum atomic E-state index is -0.823. The Balaban J connectivity index is 2.08. The number of carbonyl (C=O) groups is 1. The van der Waals surface area contributed by atoms with Gasteiger partial charge in [-0.2, -0.15) is 0 Å². The molecule has 26 heavy (non-hydrogen) atoms. The Morgan fingerprint density at radius 3 is 2.54 bits per heavy atom. The third-order valence-corrected chi connectivity index (χ3v) is 4.45. The number of carbonyl (C=O) groups excluding carboxylic acids is 1. The smallest absolute Gasteiger partial charge is 0.333 e. The maximum atomic E-state index is 12.5. The molecule has 134 valence electrons. The number of allylic oxidation sites excluding steroid dienone is 1. The SMILES string of the molecule is CCn1cc(C=CC(=O)c2c(O)n(C)c(=O)n(C)c2=O)c2ccccc21. The fourth-order valence-corrected chi connectivity index (χ4v) is 2.97. The molecule has 2 aromatic heterocycles. The molecule has 0 aliphatic rings. The first-order chi connectivity index (χ1) is 12.4. The number of benzene rings is 1. The number of hydrogen-bond acceptors (Lipinski definition) is 4. The summed E-state index contributed by atoms with van der Waals surface area (Å²) in [6.45, 7) is 2.81. The molecule has 0 amide bonds. The molecule has 7 heteroatoms. The molecule has 0 unspecified atom stereocenters. The lowest BCUT2D eigenvalue weighted by Crippen LogP contribution is -2.39. The van der Waals surface area contributed by atoms with Crippen molar-refractivity contribution in [3.63, 3.8) is 0 Å². The van der Waals surface area contributed by atoms with Crippen LogP contribution < -0.4 is 11.2 Å². The van der Waals surface area contributed by atoms with Crippen molar-refractivity contribution < 1.29 is 9.90 Å². The quantitative estimate of drug-likeness (QED) is 0.571. The Labute approximate surface area is 149 Å². The van der Waals surface area contributed by atoms with Crippen LogP contribution in [0.2, 0.25) is 0 Å². The van der Waals surface area contributed by atoms with E-state index >= 15 is 0 Å². The predicted octanol–water partition coefficient (Wildman–Crippen LogP) is 1.66. The monoisotopic (exact) mass is 353 g/mol. The van der Waals surface area contributed by atoms with E-state index in [0.717, 1.165) is 32.1 Å². The van der Waals surface area contributed by atoms with Crippen molar-refractivity contribution in [2.24, 2.45) is 14.1 Å². The number of para-hydroxylation sites is 1. The molecular formula is C19H19N3O4. The van der Waals surface area contributed by atoms with Gasteiger partial charge in [0, 0.05) is 43.3 Å². The van der Waals surface area contributed by atoms with Crippen LogP contribution >= 0.6 is 0 Å². The Kier molecular flexibility index (Phi) is 4.38. The molecule has 0 radical (unpaired) electrons. The summed E-state index contributed by atoms with van der Waals surface area (Å²) in [6.07, 6.45) is 4.77. The molecule has 7 nitrogen and oxygen atoms in total. The Morgan fingerprint density at radius 2 is 1.85 bits per heavy atom. The molecule has 0 saturated heterocycles. The standard InChI is InChI=1S/C19H19N3O4/c1-4-22-11-12(13-7-5-6-8-14(13)22)9-10-15(23)16-17(24)20(2)19(26)21(3)18(16)25/h5-11,24H,4H2,1-3H3. The summed E-state index contributed by atoms with van der Waals surface area (Å²) in [6, 6.07) is 7.80.